The molecule has 0 saturated carbocycles. The normalized spacial score (nSPS) is 9.29. The van der Waals surface area contributed by atoms with Crippen molar-refractivity contribution in [2.24, 2.45) is 0 Å². The number of nitrogens with zero attached hydrogens (tertiary/aromatic N) is 1. The molecule has 0 aliphatic rings. The zero-order valence-electron chi connectivity index (χ0n) is 8.00. The van der Waals surface area contributed by atoms with E-state index in [0.29, 0.717) is 17.9 Å². The fourth-order valence-corrected chi connectivity index (χ4v) is 1.89. The molecule has 0 bridgehead atoms. The minimum Gasteiger partial charge on any atom is -0.495 e. The number of halogens is 1. The van der Waals surface area contributed by atoms with Gasteiger partial charge in [-0.05, 0) is 22.0 Å². The SMILES string of the molecule is COc1ccc(CC#N)c(OC)c1Br. The molecular weight excluding hydrogens is 246 g/mol. The Labute approximate surface area is 91.4 Å². The van der Waals surface area contributed by atoms with Crippen molar-refractivity contribution in [1.82, 2.24) is 0 Å². The molecule has 0 fully saturated rings. The molecule has 0 saturated heterocycles. The summed E-state index contributed by atoms with van der Waals surface area (Å²) in [5.41, 5.74) is 0.850. The molecule has 0 aliphatic carbocycles. The van der Waals surface area contributed by atoms with E-state index in [1.807, 2.05) is 6.07 Å². The Balaban J connectivity index is 3.22. The third kappa shape index (κ3) is 1.99. The summed E-state index contributed by atoms with van der Waals surface area (Å²) >= 11 is 3.36. The second-order valence-corrected chi connectivity index (χ2v) is 3.40. The molecule has 0 spiro atoms. The molecule has 0 aromatic heterocycles. The van der Waals surface area contributed by atoms with Crippen LogP contribution in [0.15, 0.2) is 16.6 Å². The zero-order chi connectivity index (χ0) is 10.6. The maximum atomic E-state index is 8.60. The molecule has 0 aliphatic heterocycles. The Morgan fingerprint density at radius 2 is 2.07 bits per heavy atom. The Morgan fingerprint density at radius 3 is 2.57 bits per heavy atom. The molecule has 1 aromatic carbocycles. The fourth-order valence-electron chi connectivity index (χ4n) is 1.18. The predicted octanol–water partition coefficient (Wildman–Crippen LogP) is 2.53. The van der Waals surface area contributed by atoms with E-state index >= 15 is 0 Å². The van der Waals surface area contributed by atoms with E-state index in [9.17, 15) is 0 Å². The van der Waals surface area contributed by atoms with E-state index in [4.69, 9.17) is 14.7 Å². The van der Waals surface area contributed by atoms with Crippen molar-refractivity contribution in [2.45, 2.75) is 6.42 Å². The largest absolute Gasteiger partial charge is 0.495 e. The Bertz CT molecular complexity index is 371. The highest BCUT2D eigenvalue weighted by Crippen LogP contribution is 2.37. The number of hydrogen-bond acceptors (Lipinski definition) is 3. The molecule has 14 heavy (non-hydrogen) atoms. The Morgan fingerprint density at radius 1 is 1.36 bits per heavy atom. The van der Waals surface area contributed by atoms with Crippen molar-refractivity contribution in [1.29, 1.82) is 5.26 Å². The summed E-state index contributed by atoms with van der Waals surface area (Å²) in [6.07, 6.45) is 0.325. The van der Waals surface area contributed by atoms with Gasteiger partial charge in [0.25, 0.3) is 0 Å². The van der Waals surface area contributed by atoms with E-state index in [1.165, 1.54) is 0 Å². The standard InChI is InChI=1S/C10H10BrNO2/c1-13-8-4-3-7(5-6-12)10(14-2)9(8)11/h3-4H,5H2,1-2H3. The second-order valence-electron chi connectivity index (χ2n) is 2.61. The van der Waals surface area contributed by atoms with Crippen LogP contribution < -0.4 is 9.47 Å². The molecule has 1 rings (SSSR count). The molecule has 0 unspecified atom stereocenters. The minimum atomic E-state index is 0.325. The van der Waals surface area contributed by atoms with Crippen LogP contribution in [0.3, 0.4) is 0 Å². The van der Waals surface area contributed by atoms with Gasteiger partial charge in [-0.25, -0.2) is 0 Å². The van der Waals surface area contributed by atoms with E-state index in [0.717, 1.165) is 10.0 Å². The first kappa shape index (κ1) is 10.9. The van der Waals surface area contributed by atoms with Crippen molar-refractivity contribution in [3.63, 3.8) is 0 Å². The van der Waals surface area contributed by atoms with Crippen LogP contribution in [0.4, 0.5) is 0 Å². The predicted molar refractivity (Wildman–Crippen MR) is 56.6 cm³/mol. The molecule has 1 aromatic rings. The van der Waals surface area contributed by atoms with Crippen LogP contribution in [-0.2, 0) is 6.42 Å². The summed E-state index contributed by atoms with van der Waals surface area (Å²) in [5, 5.41) is 8.60. The zero-order valence-corrected chi connectivity index (χ0v) is 9.59. The van der Waals surface area contributed by atoms with E-state index in [2.05, 4.69) is 22.0 Å². The van der Waals surface area contributed by atoms with Crippen LogP contribution in [0.2, 0.25) is 0 Å². The fraction of sp³-hybridized carbons (Fsp3) is 0.300. The number of methoxy groups -OCH3 is 2. The van der Waals surface area contributed by atoms with Crippen molar-refractivity contribution in [2.75, 3.05) is 14.2 Å². The van der Waals surface area contributed by atoms with Crippen LogP contribution >= 0.6 is 15.9 Å². The molecule has 74 valence electrons. The van der Waals surface area contributed by atoms with Gasteiger partial charge < -0.3 is 9.47 Å². The summed E-state index contributed by atoms with van der Waals surface area (Å²) in [6.45, 7) is 0. The first-order chi connectivity index (χ1) is 6.74. The van der Waals surface area contributed by atoms with Crippen molar-refractivity contribution < 1.29 is 9.47 Å². The van der Waals surface area contributed by atoms with Crippen LogP contribution in [-0.4, -0.2) is 14.2 Å². The van der Waals surface area contributed by atoms with Gasteiger partial charge in [-0.2, -0.15) is 5.26 Å². The first-order valence-corrected chi connectivity index (χ1v) is 4.80. The van der Waals surface area contributed by atoms with Crippen molar-refractivity contribution in [3.8, 4) is 17.6 Å². The first-order valence-electron chi connectivity index (χ1n) is 4.01. The molecule has 3 nitrogen and oxygen atoms in total. The molecule has 0 N–H and O–H groups in total. The number of rotatable bonds is 3. The molecule has 0 radical (unpaired) electrons. The number of hydrogen-bond donors (Lipinski definition) is 0. The summed E-state index contributed by atoms with van der Waals surface area (Å²) in [5.74, 6) is 1.36. The molecule has 0 heterocycles. The third-order valence-electron chi connectivity index (χ3n) is 1.84. The van der Waals surface area contributed by atoms with Gasteiger partial charge in [0.2, 0.25) is 0 Å². The minimum absolute atomic E-state index is 0.325. The summed E-state index contributed by atoms with van der Waals surface area (Å²) in [6, 6.07) is 5.71. The summed E-state index contributed by atoms with van der Waals surface area (Å²) < 4.78 is 11.0. The molecular formula is C10H10BrNO2. The van der Waals surface area contributed by atoms with Gasteiger partial charge in [-0.1, -0.05) is 6.07 Å². The lowest BCUT2D eigenvalue weighted by atomic mass is 10.1. The average Bonchev–Trinajstić information content (AvgIpc) is 2.19. The van der Waals surface area contributed by atoms with Gasteiger partial charge in [0.1, 0.15) is 16.0 Å². The summed E-state index contributed by atoms with van der Waals surface area (Å²) in [4.78, 5) is 0. The lowest BCUT2D eigenvalue weighted by Gasteiger charge is -2.11. The smallest absolute Gasteiger partial charge is 0.141 e. The topological polar surface area (TPSA) is 42.2 Å². The lowest BCUT2D eigenvalue weighted by Crippen LogP contribution is -1.94. The van der Waals surface area contributed by atoms with Crippen molar-refractivity contribution in [3.05, 3.63) is 22.2 Å². The van der Waals surface area contributed by atoms with Crippen LogP contribution in [0.1, 0.15) is 5.56 Å². The second kappa shape index (κ2) is 4.87. The quantitative estimate of drug-likeness (QED) is 0.834. The number of ether oxygens (including phenoxy) is 2. The van der Waals surface area contributed by atoms with Gasteiger partial charge in [-0.3, -0.25) is 0 Å². The maximum absolute atomic E-state index is 8.60. The van der Waals surface area contributed by atoms with E-state index < -0.39 is 0 Å². The van der Waals surface area contributed by atoms with Gasteiger partial charge in [0, 0.05) is 5.56 Å². The monoisotopic (exact) mass is 255 g/mol. The van der Waals surface area contributed by atoms with Gasteiger partial charge in [0.05, 0.1) is 26.7 Å². The van der Waals surface area contributed by atoms with E-state index in [-0.39, 0.29) is 0 Å². The summed E-state index contributed by atoms with van der Waals surface area (Å²) in [7, 11) is 3.16. The van der Waals surface area contributed by atoms with Crippen LogP contribution in [0.5, 0.6) is 11.5 Å². The third-order valence-corrected chi connectivity index (χ3v) is 2.59. The van der Waals surface area contributed by atoms with E-state index in [1.54, 1.807) is 20.3 Å². The highest BCUT2D eigenvalue weighted by molar-refractivity contribution is 9.10. The van der Waals surface area contributed by atoms with Gasteiger partial charge in [0.15, 0.2) is 0 Å². The highest BCUT2D eigenvalue weighted by Gasteiger charge is 2.11. The molecule has 0 amide bonds. The highest BCUT2D eigenvalue weighted by atomic mass is 79.9. The number of benzene rings is 1. The Kier molecular flexibility index (Phi) is 3.78. The van der Waals surface area contributed by atoms with Crippen molar-refractivity contribution >= 4 is 15.9 Å². The molecule has 0 atom stereocenters. The average molecular weight is 256 g/mol. The van der Waals surface area contributed by atoms with Crippen LogP contribution in [0, 0.1) is 11.3 Å². The lowest BCUT2D eigenvalue weighted by molar-refractivity contribution is 0.387. The maximum Gasteiger partial charge on any atom is 0.141 e. The van der Waals surface area contributed by atoms with Crippen LogP contribution in [0.25, 0.3) is 0 Å². The number of nitriles is 1. The van der Waals surface area contributed by atoms with Gasteiger partial charge >= 0.3 is 0 Å². The molecule has 4 heteroatoms. The Hall–Kier alpha value is -1.21. The van der Waals surface area contributed by atoms with Gasteiger partial charge in [-0.15, -0.1) is 0 Å².